The summed E-state index contributed by atoms with van der Waals surface area (Å²) < 4.78 is 0. The molecule has 0 unspecified atom stereocenters. The minimum Gasteiger partial charge on any atom is -0.309 e. The highest BCUT2D eigenvalue weighted by atomic mass is 32.1. The first-order valence-electron chi connectivity index (χ1n) is 4.30. The van der Waals surface area contributed by atoms with E-state index in [9.17, 15) is 0 Å². The summed E-state index contributed by atoms with van der Waals surface area (Å²) in [6.07, 6.45) is 4.19. The van der Waals surface area contributed by atoms with Crippen LogP contribution in [0.15, 0.2) is 6.20 Å². The SMILES string of the molecule is CCc1cnc(CCN(C)C)s1. The predicted molar refractivity (Wildman–Crippen MR) is 53.8 cm³/mol. The van der Waals surface area contributed by atoms with Gasteiger partial charge in [-0.05, 0) is 20.5 Å². The van der Waals surface area contributed by atoms with Crippen LogP contribution >= 0.6 is 11.3 Å². The van der Waals surface area contributed by atoms with Gasteiger partial charge in [-0.15, -0.1) is 11.3 Å². The molecule has 0 fully saturated rings. The number of rotatable bonds is 4. The Balaban J connectivity index is 2.41. The molecule has 1 rings (SSSR count). The molecule has 1 heterocycles. The summed E-state index contributed by atoms with van der Waals surface area (Å²) in [5.41, 5.74) is 0. The largest absolute Gasteiger partial charge is 0.309 e. The fraction of sp³-hybridized carbons (Fsp3) is 0.667. The van der Waals surface area contributed by atoms with Crippen LogP contribution in [0, 0.1) is 0 Å². The fourth-order valence-corrected chi connectivity index (χ4v) is 1.80. The maximum atomic E-state index is 4.35. The van der Waals surface area contributed by atoms with Crippen molar-refractivity contribution < 1.29 is 0 Å². The van der Waals surface area contributed by atoms with E-state index in [0.717, 1.165) is 19.4 Å². The van der Waals surface area contributed by atoms with Crippen molar-refractivity contribution >= 4 is 11.3 Å². The highest BCUT2D eigenvalue weighted by molar-refractivity contribution is 7.11. The summed E-state index contributed by atoms with van der Waals surface area (Å²) in [5.74, 6) is 0. The van der Waals surface area contributed by atoms with Crippen LogP contribution in [0.4, 0.5) is 0 Å². The van der Waals surface area contributed by atoms with E-state index in [1.807, 2.05) is 17.5 Å². The molecule has 3 heteroatoms. The Morgan fingerprint density at radius 2 is 2.25 bits per heavy atom. The molecule has 1 aromatic heterocycles. The lowest BCUT2D eigenvalue weighted by Crippen LogP contribution is -2.14. The highest BCUT2D eigenvalue weighted by Crippen LogP contribution is 2.13. The van der Waals surface area contributed by atoms with Gasteiger partial charge in [-0.25, -0.2) is 4.98 Å². The van der Waals surface area contributed by atoms with Gasteiger partial charge in [0.15, 0.2) is 0 Å². The lowest BCUT2D eigenvalue weighted by Gasteiger charge is -2.06. The second kappa shape index (κ2) is 4.58. The van der Waals surface area contributed by atoms with E-state index in [0.29, 0.717) is 0 Å². The van der Waals surface area contributed by atoms with E-state index >= 15 is 0 Å². The predicted octanol–water partition coefficient (Wildman–Crippen LogP) is 1.81. The second-order valence-electron chi connectivity index (χ2n) is 3.13. The molecule has 68 valence electrons. The summed E-state index contributed by atoms with van der Waals surface area (Å²) in [6, 6.07) is 0. The lowest BCUT2D eigenvalue weighted by molar-refractivity contribution is 0.413. The molecular weight excluding hydrogens is 168 g/mol. The molecule has 12 heavy (non-hydrogen) atoms. The van der Waals surface area contributed by atoms with Gasteiger partial charge < -0.3 is 4.90 Å². The number of hydrogen-bond donors (Lipinski definition) is 0. The van der Waals surface area contributed by atoms with Crippen LogP contribution in [0.1, 0.15) is 16.8 Å². The Kier molecular flexibility index (Phi) is 3.69. The van der Waals surface area contributed by atoms with Crippen LogP contribution in [0.2, 0.25) is 0 Å². The number of hydrogen-bond acceptors (Lipinski definition) is 3. The number of aryl methyl sites for hydroxylation is 1. The van der Waals surface area contributed by atoms with E-state index in [1.165, 1.54) is 9.88 Å². The minimum absolute atomic E-state index is 1.08. The van der Waals surface area contributed by atoms with E-state index in [4.69, 9.17) is 0 Å². The third-order valence-corrected chi connectivity index (χ3v) is 2.92. The topological polar surface area (TPSA) is 16.1 Å². The molecule has 0 saturated heterocycles. The van der Waals surface area contributed by atoms with Crippen LogP contribution in [0.5, 0.6) is 0 Å². The maximum Gasteiger partial charge on any atom is 0.0940 e. The smallest absolute Gasteiger partial charge is 0.0940 e. The molecule has 0 aromatic carbocycles. The Bertz CT molecular complexity index is 230. The number of likely N-dealkylation sites (N-methyl/N-ethyl adjacent to an activating group) is 1. The molecule has 2 nitrogen and oxygen atoms in total. The molecule has 0 N–H and O–H groups in total. The van der Waals surface area contributed by atoms with Crippen LogP contribution < -0.4 is 0 Å². The quantitative estimate of drug-likeness (QED) is 0.709. The van der Waals surface area contributed by atoms with Gasteiger partial charge in [0.05, 0.1) is 5.01 Å². The summed E-state index contributed by atoms with van der Waals surface area (Å²) in [6.45, 7) is 3.26. The Morgan fingerprint density at radius 1 is 1.50 bits per heavy atom. The average Bonchev–Trinajstić information content (AvgIpc) is 2.48. The second-order valence-corrected chi connectivity index (χ2v) is 4.33. The molecule has 0 bridgehead atoms. The molecule has 0 radical (unpaired) electrons. The summed E-state index contributed by atoms with van der Waals surface area (Å²) in [7, 11) is 4.18. The number of thiazole rings is 1. The average molecular weight is 184 g/mol. The van der Waals surface area contributed by atoms with Crippen molar-refractivity contribution in [2.45, 2.75) is 19.8 Å². The van der Waals surface area contributed by atoms with Gasteiger partial charge in [0.25, 0.3) is 0 Å². The molecule has 0 atom stereocenters. The first kappa shape index (κ1) is 9.68. The zero-order valence-corrected chi connectivity index (χ0v) is 8.82. The van der Waals surface area contributed by atoms with E-state index in [1.54, 1.807) is 0 Å². The minimum atomic E-state index is 1.08. The monoisotopic (exact) mass is 184 g/mol. The third kappa shape index (κ3) is 2.91. The zero-order valence-electron chi connectivity index (χ0n) is 8.00. The molecule has 0 spiro atoms. The normalized spacial score (nSPS) is 11.0. The first-order valence-corrected chi connectivity index (χ1v) is 5.12. The van der Waals surface area contributed by atoms with Gasteiger partial charge in [-0.1, -0.05) is 6.92 Å². The molecule has 0 aliphatic heterocycles. The molecular formula is C9H16N2S. The van der Waals surface area contributed by atoms with Crippen molar-refractivity contribution in [3.8, 4) is 0 Å². The van der Waals surface area contributed by atoms with Crippen LogP contribution in [0.25, 0.3) is 0 Å². The van der Waals surface area contributed by atoms with Gasteiger partial charge >= 0.3 is 0 Å². The number of aromatic nitrogens is 1. The van der Waals surface area contributed by atoms with E-state index in [2.05, 4.69) is 30.9 Å². The van der Waals surface area contributed by atoms with Crippen molar-refractivity contribution in [3.05, 3.63) is 16.1 Å². The van der Waals surface area contributed by atoms with Crippen LogP contribution in [-0.2, 0) is 12.8 Å². The van der Waals surface area contributed by atoms with Crippen molar-refractivity contribution in [1.29, 1.82) is 0 Å². The molecule has 1 aromatic rings. The summed E-state index contributed by atoms with van der Waals surface area (Å²) in [4.78, 5) is 7.93. The summed E-state index contributed by atoms with van der Waals surface area (Å²) in [5, 5.41) is 1.26. The lowest BCUT2D eigenvalue weighted by atomic mass is 10.4. The Hall–Kier alpha value is -0.410. The van der Waals surface area contributed by atoms with Gasteiger partial charge in [0.1, 0.15) is 0 Å². The maximum absolute atomic E-state index is 4.35. The van der Waals surface area contributed by atoms with Crippen LogP contribution in [0.3, 0.4) is 0 Å². The molecule has 0 aliphatic carbocycles. The van der Waals surface area contributed by atoms with Crippen molar-refractivity contribution in [2.75, 3.05) is 20.6 Å². The van der Waals surface area contributed by atoms with Gasteiger partial charge in [-0.3, -0.25) is 0 Å². The Morgan fingerprint density at radius 3 is 2.75 bits per heavy atom. The van der Waals surface area contributed by atoms with Gasteiger partial charge in [-0.2, -0.15) is 0 Å². The van der Waals surface area contributed by atoms with Gasteiger partial charge in [0, 0.05) is 24.0 Å². The first-order chi connectivity index (χ1) is 5.72. The summed E-state index contributed by atoms with van der Waals surface area (Å²) >= 11 is 1.84. The van der Waals surface area contributed by atoms with E-state index < -0.39 is 0 Å². The zero-order chi connectivity index (χ0) is 8.97. The highest BCUT2D eigenvalue weighted by Gasteiger charge is 2.00. The van der Waals surface area contributed by atoms with Crippen molar-refractivity contribution in [1.82, 2.24) is 9.88 Å². The van der Waals surface area contributed by atoms with Crippen molar-refractivity contribution in [2.24, 2.45) is 0 Å². The third-order valence-electron chi connectivity index (χ3n) is 1.72. The van der Waals surface area contributed by atoms with E-state index in [-0.39, 0.29) is 0 Å². The van der Waals surface area contributed by atoms with Gasteiger partial charge in [0.2, 0.25) is 0 Å². The molecule has 0 amide bonds. The molecule has 0 aliphatic rings. The number of nitrogens with zero attached hydrogens (tertiary/aromatic N) is 2. The van der Waals surface area contributed by atoms with Crippen LogP contribution in [-0.4, -0.2) is 30.5 Å². The Labute approximate surface area is 78.2 Å². The standard InChI is InChI=1S/C9H16N2S/c1-4-8-7-10-9(12-8)5-6-11(2)3/h7H,4-6H2,1-3H3. The molecule has 0 saturated carbocycles. The fourth-order valence-electron chi connectivity index (χ4n) is 0.946. The van der Waals surface area contributed by atoms with Crippen molar-refractivity contribution in [3.63, 3.8) is 0 Å².